The van der Waals surface area contributed by atoms with Crippen LogP contribution in [0.1, 0.15) is 48.0 Å². The Labute approximate surface area is 184 Å². The number of ether oxygens (including phenoxy) is 1. The Hall–Kier alpha value is -2.22. The summed E-state index contributed by atoms with van der Waals surface area (Å²) >= 11 is 0. The molecule has 0 spiro atoms. The molecule has 1 saturated heterocycles. The van der Waals surface area contributed by atoms with Crippen molar-refractivity contribution in [3.8, 4) is 5.75 Å². The van der Waals surface area contributed by atoms with E-state index in [2.05, 4.69) is 4.83 Å². The number of sulfonamides is 1. The second kappa shape index (κ2) is 9.51. The van der Waals surface area contributed by atoms with Gasteiger partial charge < -0.3 is 4.74 Å². The van der Waals surface area contributed by atoms with E-state index in [9.17, 15) is 13.2 Å². The molecular formula is C24H30N2O4S. The van der Waals surface area contributed by atoms with Gasteiger partial charge in [-0.2, -0.15) is 0 Å². The zero-order chi connectivity index (χ0) is 21.8. The number of hydrogen-bond acceptors (Lipinski definition) is 5. The van der Waals surface area contributed by atoms with Crippen molar-refractivity contribution in [3.05, 3.63) is 59.7 Å². The number of Topliss-reactive ketones (excluding diaryl/α,β-unsaturated/α-hetero) is 1. The molecule has 31 heavy (non-hydrogen) atoms. The number of hydrogen-bond donors (Lipinski definition) is 1. The van der Waals surface area contributed by atoms with E-state index in [-0.39, 0.29) is 11.7 Å². The number of hydrazine groups is 1. The maximum absolute atomic E-state index is 12.6. The van der Waals surface area contributed by atoms with Crippen molar-refractivity contribution in [3.63, 3.8) is 0 Å². The van der Waals surface area contributed by atoms with Gasteiger partial charge in [0.15, 0.2) is 5.78 Å². The van der Waals surface area contributed by atoms with E-state index in [1.165, 1.54) is 0 Å². The van der Waals surface area contributed by atoms with Crippen LogP contribution in [0.3, 0.4) is 0 Å². The summed E-state index contributed by atoms with van der Waals surface area (Å²) in [7, 11) is -3.53. The van der Waals surface area contributed by atoms with Gasteiger partial charge in [-0.05, 0) is 86.9 Å². The maximum Gasteiger partial charge on any atom is 0.253 e. The number of nitrogens with one attached hydrogen (secondary N) is 1. The predicted molar refractivity (Wildman–Crippen MR) is 119 cm³/mol. The van der Waals surface area contributed by atoms with Crippen molar-refractivity contribution in [2.75, 3.05) is 19.7 Å². The molecule has 2 aliphatic rings. The lowest BCUT2D eigenvalue weighted by atomic mass is 10.0. The van der Waals surface area contributed by atoms with Crippen LogP contribution in [-0.4, -0.2) is 38.9 Å². The lowest BCUT2D eigenvalue weighted by Gasteiger charge is -2.18. The molecule has 6 nitrogen and oxygen atoms in total. The fraction of sp³-hybridized carbons (Fsp3) is 0.458. The molecule has 0 amide bonds. The molecular weight excluding hydrogens is 412 g/mol. The molecule has 1 aliphatic heterocycles. The van der Waals surface area contributed by atoms with Gasteiger partial charge in [0.05, 0.1) is 11.5 Å². The van der Waals surface area contributed by atoms with E-state index in [1.807, 2.05) is 37.3 Å². The molecule has 1 saturated carbocycles. The highest BCUT2D eigenvalue weighted by molar-refractivity contribution is 7.89. The molecule has 4 rings (SSSR count). The van der Waals surface area contributed by atoms with Gasteiger partial charge in [-0.1, -0.05) is 12.1 Å². The topological polar surface area (TPSA) is 75.7 Å². The molecule has 166 valence electrons. The zero-order valence-corrected chi connectivity index (χ0v) is 18.7. The van der Waals surface area contributed by atoms with Gasteiger partial charge in [0, 0.05) is 24.6 Å². The first-order valence-electron chi connectivity index (χ1n) is 11.0. The Morgan fingerprint density at radius 3 is 2.61 bits per heavy atom. The minimum Gasteiger partial charge on any atom is -0.494 e. The monoisotopic (exact) mass is 442 g/mol. The molecule has 0 unspecified atom stereocenters. The normalized spacial score (nSPS) is 19.5. The van der Waals surface area contributed by atoms with Crippen LogP contribution >= 0.6 is 0 Å². The van der Waals surface area contributed by atoms with E-state index in [0.29, 0.717) is 30.5 Å². The van der Waals surface area contributed by atoms with E-state index in [0.717, 1.165) is 49.0 Å². The van der Waals surface area contributed by atoms with Gasteiger partial charge in [0.1, 0.15) is 5.75 Å². The van der Waals surface area contributed by atoms with Gasteiger partial charge in [0.2, 0.25) is 0 Å². The number of aryl methyl sites for hydroxylation is 1. The maximum atomic E-state index is 12.6. The smallest absolute Gasteiger partial charge is 0.253 e. The highest BCUT2D eigenvalue weighted by Gasteiger charge is 2.30. The zero-order valence-electron chi connectivity index (χ0n) is 17.9. The van der Waals surface area contributed by atoms with Crippen LogP contribution in [0.2, 0.25) is 0 Å². The highest BCUT2D eigenvalue weighted by atomic mass is 32.2. The third-order valence-corrected chi connectivity index (χ3v) is 7.32. The summed E-state index contributed by atoms with van der Waals surface area (Å²) in [5, 5.41) is 1.80. The Kier molecular flexibility index (Phi) is 6.74. The highest BCUT2D eigenvalue weighted by Crippen LogP contribution is 2.33. The first-order valence-corrected chi connectivity index (χ1v) is 12.5. The first kappa shape index (κ1) is 22.0. The summed E-state index contributed by atoms with van der Waals surface area (Å²) in [6.07, 6.45) is 4.90. The van der Waals surface area contributed by atoms with E-state index in [4.69, 9.17) is 4.74 Å². The summed E-state index contributed by atoms with van der Waals surface area (Å²) in [5.74, 6) is 1.71. The van der Waals surface area contributed by atoms with Crippen molar-refractivity contribution in [2.24, 2.45) is 11.8 Å². The van der Waals surface area contributed by atoms with Crippen LogP contribution in [0.5, 0.6) is 5.75 Å². The second-order valence-corrected chi connectivity index (χ2v) is 10.3. The molecule has 7 heteroatoms. The average molecular weight is 443 g/mol. The van der Waals surface area contributed by atoms with Crippen molar-refractivity contribution >= 4 is 15.8 Å². The van der Waals surface area contributed by atoms with Gasteiger partial charge >= 0.3 is 0 Å². The quantitative estimate of drug-likeness (QED) is 0.445. The molecule has 2 aromatic rings. The fourth-order valence-electron chi connectivity index (χ4n) is 4.02. The average Bonchev–Trinajstić information content (AvgIpc) is 3.52. The van der Waals surface area contributed by atoms with Crippen molar-refractivity contribution in [1.29, 1.82) is 0 Å². The minimum absolute atomic E-state index is 0.235. The summed E-state index contributed by atoms with van der Waals surface area (Å²) < 4.78 is 31.0. The third-order valence-electron chi connectivity index (χ3n) is 5.95. The number of carbonyl (C=O) groups is 1. The summed E-state index contributed by atoms with van der Waals surface area (Å²) in [5.41, 5.74) is 1.69. The number of ketones is 1. The Bertz CT molecular complexity index is 1020. The molecule has 1 heterocycles. The van der Waals surface area contributed by atoms with Crippen LogP contribution in [0.25, 0.3) is 0 Å². The predicted octanol–water partition coefficient (Wildman–Crippen LogP) is 3.96. The van der Waals surface area contributed by atoms with Gasteiger partial charge in [-0.15, -0.1) is 4.83 Å². The molecule has 0 aromatic heterocycles. The molecule has 2 aromatic carbocycles. The number of benzene rings is 2. The van der Waals surface area contributed by atoms with Gasteiger partial charge in [-0.25, -0.2) is 13.4 Å². The second-order valence-electron chi connectivity index (χ2n) is 8.67. The molecule has 1 N–H and O–H groups in total. The van der Waals surface area contributed by atoms with E-state index < -0.39 is 10.0 Å². The molecule has 1 aliphatic carbocycles. The Morgan fingerprint density at radius 2 is 1.90 bits per heavy atom. The SMILES string of the molecule is Cc1cccc(S(=O)(=O)NN2CC[C@@H](CCCOc3ccc(C(=O)C4CC4)cc3)C2)c1. The number of carbonyl (C=O) groups excluding carboxylic acids is 1. The van der Waals surface area contributed by atoms with E-state index in [1.54, 1.807) is 23.2 Å². The van der Waals surface area contributed by atoms with E-state index >= 15 is 0 Å². The van der Waals surface area contributed by atoms with Gasteiger partial charge in [0.25, 0.3) is 10.0 Å². The number of nitrogens with zero attached hydrogens (tertiary/aromatic N) is 1. The largest absolute Gasteiger partial charge is 0.494 e. The van der Waals surface area contributed by atoms with Crippen LogP contribution in [0, 0.1) is 18.8 Å². The number of rotatable bonds is 10. The first-order chi connectivity index (χ1) is 14.9. The Balaban J connectivity index is 1.17. The molecule has 1 atom stereocenters. The van der Waals surface area contributed by atoms with Gasteiger partial charge in [-0.3, -0.25) is 4.79 Å². The van der Waals surface area contributed by atoms with Crippen molar-refractivity contribution < 1.29 is 17.9 Å². The van der Waals surface area contributed by atoms with Crippen LogP contribution < -0.4 is 9.57 Å². The molecule has 0 bridgehead atoms. The third kappa shape index (κ3) is 5.93. The lowest BCUT2D eigenvalue weighted by Crippen LogP contribution is -2.40. The fourth-order valence-corrected chi connectivity index (χ4v) is 5.22. The molecule has 2 fully saturated rings. The van der Waals surface area contributed by atoms with Crippen molar-refractivity contribution in [2.45, 2.75) is 43.9 Å². The standard InChI is InChI=1S/C24H30N2O4S/c1-18-4-2-6-23(16-18)31(28,29)25-26-14-13-19(17-26)5-3-15-30-22-11-9-21(10-12-22)24(27)20-7-8-20/h2,4,6,9-12,16,19-20,25H,3,5,7-8,13-15,17H2,1H3/t19-/m1/s1. The summed E-state index contributed by atoms with van der Waals surface area (Å²) in [4.78, 5) is 15.1. The van der Waals surface area contributed by atoms with Crippen LogP contribution in [0.4, 0.5) is 0 Å². The van der Waals surface area contributed by atoms with Crippen LogP contribution in [0.15, 0.2) is 53.4 Å². The summed E-state index contributed by atoms with van der Waals surface area (Å²) in [6.45, 7) is 3.92. The van der Waals surface area contributed by atoms with Crippen LogP contribution in [-0.2, 0) is 10.0 Å². The lowest BCUT2D eigenvalue weighted by molar-refractivity contribution is 0.0967. The Morgan fingerprint density at radius 1 is 1.13 bits per heavy atom. The van der Waals surface area contributed by atoms with Crippen molar-refractivity contribution in [1.82, 2.24) is 9.84 Å². The molecule has 0 radical (unpaired) electrons. The summed E-state index contributed by atoms with van der Waals surface area (Å²) in [6, 6.07) is 14.4. The minimum atomic E-state index is -3.53.